The molecule has 1 unspecified atom stereocenters. The Labute approximate surface area is 163 Å². The average molecular weight is 409 g/mol. The highest BCUT2D eigenvalue weighted by molar-refractivity contribution is 5.94. The molecule has 2 aromatic rings. The number of anilines is 1. The van der Waals surface area contributed by atoms with Gasteiger partial charge in [-0.05, 0) is 18.6 Å². The number of carbonyl (C=O) groups excluding carboxylic acids is 1. The van der Waals surface area contributed by atoms with Crippen LogP contribution in [0.3, 0.4) is 0 Å². The van der Waals surface area contributed by atoms with Gasteiger partial charge in [0.15, 0.2) is 0 Å². The third kappa shape index (κ3) is 3.24. The van der Waals surface area contributed by atoms with Crippen molar-refractivity contribution in [3.05, 3.63) is 73.1 Å². The number of allylic oxidation sites excluding steroid dienone is 1. The van der Waals surface area contributed by atoms with E-state index in [-0.39, 0.29) is 28.2 Å². The Morgan fingerprint density at radius 1 is 1.17 bits per heavy atom. The second-order valence-corrected chi connectivity index (χ2v) is 6.68. The van der Waals surface area contributed by atoms with E-state index < -0.39 is 34.9 Å². The molecule has 1 N–H and O–H groups in total. The van der Waals surface area contributed by atoms with Crippen LogP contribution < -0.4 is 16.6 Å². The van der Waals surface area contributed by atoms with Crippen molar-refractivity contribution in [2.45, 2.75) is 19.0 Å². The molecule has 1 aromatic carbocycles. The maximum atomic E-state index is 13.3. The van der Waals surface area contributed by atoms with Crippen molar-refractivity contribution in [1.29, 1.82) is 0 Å². The molecule has 1 aliphatic rings. The van der Waals surface area contributed by atoms with E-state index >= 15 is 0 Å². The standard InChI is InChI=1S/C19H18F3N3O4/c1-9-12(17(27)29-4)13(10-6-5-7-11(8-10)19(20,21)22)14-15(23-9)24(2)18(28)25(3)16(14)26/h5-8,13,23H,1-4H3. The highest BCUT2D eigenvalue weighted by Crippen LogP contribution is 2.41. The van der Waals surface area contributed by atoms with Crippen LogP contribution in [0.4, 0.5) is 19.0 Å². The quantitative estimate of drug-likeness (QED) is 0.769. The molecule has 10 heteroatoms. The Kier molecular flexibility index (Phi) is 4.89. The summed E-state index contributed by atoms with van der Waals surface area (Å²) in [7, 11) is 3.82. The van der Waals surface area contributed by atoms with Gasteiger partial charge in [-0.3, -0.25) is 13.9 Å². The van der Waals surface area contributed by atoms with Crippen LogP contribution >= 0.6 is 0 Å². The summed E-state index contributed by atoms with van der Waals surface area (Å²) in [5.74, 6) is -1.82. The van der Waals surface area contributed by atoms with Gasteiger partial charge in [0.05, 0.1) is 29.7 Å². The highest BCUT2D eigenvalue weighted by atomic mass is 19.4. The van der Waals surface area contributed by atoms with Crippen LogP contribution in [-0.4, -0.2) is 22.2 Å². The van der Waals surface area contributed by atoms with E-state index in [0.29, 0.717) is 0 Å². The Morgan fingerprint density at radius 3 is 2.41 bits per heavy atom. The minimum Gasteiger partial charge on any atom is -0.466 e. The van der Waals surface area contributed by atoms with Gasteiger partial charge in [-0.15, -0.1) is 0 Å². The topological polar surface area (TPSA) is 82.3 Å². The lowest BCUT2D eigenvalue weighted by molar-refractivity contribution is -0.137. The van der Waals surface area contributed by atoms with Gasteiger partial charge in [0.2, 0.25) is 0 Å². The van der Waals surface area contributed by atoms with E-state index in [1.54, 1.807) is 0 Å². The average Bonchev–Trinajstić information content (AvgIpc) is 2.68. The summed E-state index contributed by atoms with van der Waals surface area (Å²) in [5, 5.41) is 2.85. The van der Waals surface area contributed by atoms with Gasteiger partial charge in [-0.2, -0.15) is 13.2 Å². The molecule has 0 saturated carbocycles. The minimum atomic E-state index is -4.61. The number of rotatable bonds is 2. The summed E-state index contributed by atoms with van der Waals surface area (Å²) in [6.45, 7) is 1.53. The lowest BCUT2D eigenvalue weighted by Crippen LogP contribution is -2.43. The smallest absolute Gasteiger partial charge is 0.416 e. The number of alkyl halides is 3. The number of nitrogens with zero attached hydrogens (tertiary/aromatic N) is 2. The number of halogens is 3. The first-order valence-electron chi connectivity index (χ1n) is 8.52. The first-order chi connectivity index (χ1) is 13.5. The monoisotopic (exact) mass is 409 g/mol. The van der Waals surface area contributed by atoms with Gasteiger partial charge in [-0.1, -0.05) is 18.2 Å². The van der Waals surface area contributed by atoms with Crippen molar-refractivity contribution < 1.29 is 22.7 Å². The molecule has 2 heterocycles. The first kappa shape index (κ1) is 20.4. The zero-order valence-electron chi connectivity index (χ0n) is 16.0. The number of hydrogen-bond acceptors (Lipinski definition) is 5. The number of hydrogen-bond donors (Lipinski definition) is 1. The molecule has 3 rings (SSSR count). The SMILES string of the molecule is COC(=O)C1=C(C)Nc2c(c(=O)n(C)c(=O)n2C)C1c1cccc(C(F)(F)F)c1. The molecule has 7 nitrogen and oxygen atoms in total. The van der Waals surface area contributed by atoms with Gasteiger partial charge in [0.1, 0.15) is 5.82 Å². The second-order valence-electron chi connectivity index (χ2n) is 6.68. The molecule has 0 bridgehead atoms. The molecule has 0 radical (unpaired) electrons. The van der Waals surface area contributed by atoms with Crippen molar-refractivity contribution >= 4 is 11.8 Å². The number of ether oxygens (including phenoxy) is 1. The summed E-state index contributed by atoms with van der Waals surface area (Å²) in [6.07, 6.45) is -4.61. The zero-order valence-corrected chi connectivity index (χ0v) is 16.0. The summed E-state index contributed by atoms with van der Waals surface area (Å²) in [5.41, 5.74) is -1.91. The number of methoxy groups -OCH3 is 1. The van der Waals surface area contributed by atoms with Crippen molar-refractivity contribution in [2.24, 2.45) is 14.1 Å². The molecular weight excluding hydrogens is 391 g/mol. The van der Waals surface area contributed by atoms with Crippen LogP contribution in [0, 0.1) is 0 Å². The Hall–Kier alpha value is -3.30. The zero-order chi connectivity index (χ0) is 21.7. The summed E-state index contributed by atoms with van der Waals surface area (Å²) < 4.78 is 46.6. The lowest BCUT2D eigenvalue weighted by Gasteiger charge is -2.30. The van der Waals surface area contributed by atoms with Crippen molar-refractivity contribution in [3.63, 3.8) is 0 Å². The van der Waals surface area contributed by atoms with Gasteiger partial charge in [0, 0.05) is 19.8 Å². The van der Waals surface area contributed by atoms with E-state index in [2.05, 4.69) is 5.32 Å². The number of carbonyl (C=O) groups is 1. The molecule has 1 atom stereocenters. The van der Waals surface area contributed by atoms with Crippen molar-refractivity contribution in [3.8, 4) is 0 Å². The van der Waals surface area contributed by atoms with Crippen molar-refractivity contribution in [2.75, 3.05) is 12.4 Å². The molecule has 0 amide bonds. The number of esters is 1. The molecule has 0 fully saturated rings. The van der Waals surface area contributed by atoms with Crippen molar-refractivity contribution in [1.82, 2.24) is 9.13 Å². The number of benzene rings is 1. The molecule has 0 spiro atoms. The Morgan fingerprint density at radius 2 is 1.83 bits per heavy atom. The molecule has 0 saturated heterocycles. The number of nitrogens with one attached hydrogen (secondary N) is 1. The number of fused-ring (bicyclic) bond motifs is 1. The fourth-order valence-corrected chi connectivity index (χ4v) is 3.50. The lowest BCUT2D eigenvalue weighted by atomic mass is 9.81. The molecule has 1 aliphatic heterocycles. The molecule has 0 aliphatic carbocycles. The third-order valence-corrected chi connectivity index (χ3v) is 4.94. The maximum Gasteiger partial charge on any atom is 0.416 e. The van der Waals surface area contributed by atoms with E-state index in [1.807, 2.05) is 0 Å². The fourth-order valence-electron chi connectivity index (χ4n) is 3.50. The van der Waals surface area contributed by atoms with Gasteiger partial charge in [0.25, 0.3) is 5.56 Å². The third-order valence-electron chi connectivity index (χ3n) is 4.94. The predicted octanol–water partition coefficient (Wildman–Crippen LogP) is 2.11. The minimum absolute atomic E-state index is 0.00456. The second kappa shape index (κ2) is 6.94. The Balaban J connectivity index is 2.41. The highest BCUT2D eigenvalue weighted by Gasteiger charge is 2.38. The summed E-state index contributed by atoms with van der Waals surface area (Å²) in [4.78, 5) is 37.7. The maximum absolute atomic E-state index is 13.3. The fraction of sp³-hybridized carbons (Fsp3) is 0.316. The largest absolute Gasteiger partial charge is 0.466 e. The van der Waals surface area contributed by atoms with Crippen LogP contribution in [0.15, 0.2) is 45.1 Å². The van der Waals surface area contributed by atoms with Crippen LogP contribution in [0.5, 0.6) is 0 Å². The van der Waals surface area contributed by atoms with Crippen LogP contribution in [-0.2, 0) is 29.8 Å². The normalized spacial score (nSPS) is 16.3. The van der Waals surface area contributed by atoms with E-state index in [4.69, 9.17) is 4.74 Å². The van der Waals surface area contributed by atoms with Crippen LogP contribution in [0.25, 0.3) is 0 Å². The molecule has 1 aromatic heterocycles. The van der Waals surface area contributed by atoms with Crippen LogP contribution in [0.1, 0.15) is 29.5 Å². The molecule has 154 valence electrons. The van der Waals surface area contributed by atoms with Gasteiger partial charge < -0.3 is 10.1 Å². The molecule has 29 heavy (non-hydrogen) atoms. The van der Waals surface area contributed by atoms with E-state index in [9.17, 15) is 27.6 Å². The first-order valence-corrected chi connectivity index (χ1v) is 8.52. The van der Waals surface area contributed by atoms with Gasteiger partial charge in [-0.25, -0.2) is 9.59 Å². The van der Waals surface area contributed by atoms with Crippen LogP contribution in [0.2, 0.25) is 0 Å². The summed E-state index contributed by atoms with van der Waals surface area (Å²) in [6, 6.07) is 4.39. The molecular formula is C19H18F3N3O4. The van der Waals surface area contributed by atoms with Gasteiger partial charge >= 0.3 is 17.8 Å². The predicted molar refractivity (Wildman–Crippen MR) is 98.5 cm³/mol. The van der Waals surface area contributed by atoms with E-state index in [0.717, 1.165) is 23.8 Å². The van der Waals surface area contributed by atoms with E-state index in [1.165, 1.54) is 37.7 Å². The summed E-state index contributed by atoms with van der Waals surface area (Å²) >= 11 is 0. The number of aromatic nitrogens is 2. The Bertz CT molecular complexity index is 1160.